The van der Waals surface area contributed by atoms with Crippen molar-refractivity contribution < 1.29 is 32.9 Å². The molecule has 214 valence electrons. The SMILES string of the molecule is CCC(=O)NCC(F)COCCN1CCN(CCOCCOCCOCCOCCNC(C)C)CC1. The smallest absolute Gasteiger partial charge is 0.219 e. The van der Waals surface area contributed by atoms with E-state index in [-0.39, 0.29) is 19.1 Å². The Morgan fingerprint density at radius 3 is 1.75 bits per heavy atom. The number of amides is 1. The molecule has 0 radical (unpaired) electrons. The maximum atomic E-state index is 13.7. The summed E-state index contributed by atoms with van der Waals surface area (Å²) < 4.78 is 41.2. The largest absolute Gasteiger partial charge is 0.378 e. The molecule has 1 unspecified atom stereocenters. The van der Waals surface area contributed by atoms with Gasteiger partial charge in [0.05, 0.1) is 72.6 Å². The average Bonchev–Trinajstić information content (AvgIpc) is 2.88. The van der Waals surface area contributed by atoms with Gasteiger partial charge in [0.25, 0.3) is 0 Å². The molecule has 1 heterocycles. The molecule has 1 atom stereocenters. The number of carbonyl (C=O) groups excluding carboxylic acids is 1. The number of ether oxygens (including phenoxy) is 5. The van der Waals surface area contributed by atoms with Gasteiger partial charge in [-0.25, -0.2) is 4.39 Å². The Morgan fingerprint density at radius 1 is 0.778 bits per heavy atom. The quantitative estimate of drug-likeness (QED) is 0.176. The molecule has 36 heavy (non-hydrogen) atoms. The van der Waals surface area contributed by atoms with Crippen LogP contribution in [0.1, 0.15) is 27.2 Å². The molecule has 1 saturated heterocycles. The summed E-state index contributed by atoms with van der Waals surface area (Å²) in [5.41, 5.74) is 0. The van der Waals surface area contributed by atoms with E-state index in [2.05, 4.69) is 34.3 Å². The minimum Gasteiger partial charge on any atom is -0.378 e. The molecular weight excluding hydrogens is 471 g/mol. The van der Waals surface area contributed by atoms with Gasteiger partial charge in [0, 0.05) is 58.3 Å². The van der Waals surface area contributed by atoms with E-state index < -0.39 is 6.17 Å². The Morgan fingerprint density at radius 2 is 1.25 bits per heavy atom. The minimum absolute atomic E-state index is 0.0149. The minimum atomic E-state index is -1.16. The van der Waals surface area contributed by atoms with Crippen molar-refractivity contribution in [2.45, 2.75) is 39.4 Å². The van der Waals surface area contributed by atoms with Gasteiger partial charge in [-0.2, -0.15) is 0 Å². The molecule has 1 fully saturated rings. The third-order valence-corrected chi connectivity index (χ3v) is 5.62. The van der Waals surface area contributed by atoms with Crippen LogP contribution in [-0.2, 0) is 28.5 Å². The van der Waals surface area contributed by atoms with Crippen LogP contribution in [0.3, 0.4) is 0 Å². The molecule has 0 aromatic carbocycles. The molecule has 11 heteroatoms. The lowest BCUT2D eigenvalue weighted by molar-refractivity contribution is -0.121. The maximum absolute atomic E-state index is 13.7. The summed E-state index contributed by atoms with van der Waals surface area (Å²) in [5.74, 6) is -0.140. The fraction of sp³-hybridized carbons (Fsp3) is 0.960. The molecule has 0 spiro atoms. The number of alkyl halides is 1. The number of carbonyl (C=O) groups is 1. The Kier molecular flexibility index (Phi) is 21.4. The zero-order valence-corrected chi connectivity index (χ0v) is 22.8. The van der Waals surface area contributed by atoms with Gasteiger partial charge in [-0.05, 0) is 0 Å². The number of rotatable bonds is 24. The normalized spacial score (nSPS) is 16.0. The highest BCUT2D eigenvalue weighted by Gasteiger charge is 2.16. The van der Waals surface area contributed by atoms with E-state index in [0.717, 1.165) is 45.8 Å². The van der Waals surface area contributed by atoms with Crippen LogP contribution in [-0.4, -0.2) is 146 Å². The number of hydrogen-bond donors (Lipinski definition) is 2. The van der Waals surface area contributed by atoms with Crippen molar-refractivity contribution in [1.82, 2.24) is 20.4 Å². The van der Waals surface area contributed by atoms with Crippen LogP contribution in [0.5, 0.6) is 0 Å². The molecule has 0 aromatic heterocycles. The van der Waals surface area contributed by atoms with Gasteiger partial charge in [-0.1, -0.05) is 20.8 Å². The van der Waals surface area contributed by atoms with Crippen molar-refractivity contribution in [2.24, 2.45) is 0 Å². The van der Waals surface area contributed by atoms with Crippen LogP contribution >= 0.6 is 0 Å². The molecule has 1 rings (SSSR count). The van der Waals surface area contributed by atoms with E-state index in [1.165, 1.54) is 0 Å². The number of nitrogens with one attached hydrogen (secondary N) is 2. The van der Waals surface area contributed by atoms with Crippen molar-refractivity contribution in [2.75, 3.05) is 118 Å². The Bertz CT molecular complexity index is 513. The van der Waals surface area contributed by atoms with Crippen LogP contribution in [0, 0.1) is 0 Å². The van der Waals surface area contributed by atoms with Crippen LogP contribution in [0.15, 0.2) is 0 Å². The second-order valence-corrected chi connectivity index (χ2v) is 9.07. The van der Waals surface area contributed by atoms with Crippen LogP contribution in [0.4, 0.5) is 4.39 Å². The fourth-order valence-electron chi connectivity index (χ4n) is 3.43. The van der Waals surface area contributed by atoms with Crippen molar-refractivity contribution in [1.29, 1.82) is 0 Å². The number of piperazine rings is 1. The zero-order valence-electron chi connectivity index (χ0n) is 22.8. The van der Waals surface area contributed by atoms with Crippen molar-refractivity contribution in [3.63, 3.8) is 0 Å². The standard InChI is InChI=1S/C25H51FN4O6/c1-4-25(31)28-21-24(26)22-36-14-11-30-8-6-29(7-9-30)10-13-33-16-18-35-20-19-34-17-15-32-12-5-27-23(2)3/h23-24,27H,4-22H2,1-3H3,(H,28,31). The lowest BCUT2D eigenvalue weighted by atomic mass is 10.3. The van der Waals surface area contributed by atoms with Crippen LogP contribution in [0.2, 0.25) is 0 Å². The van der Waals surface area contributed by atoms with Gasteiger partial charge in [-0.3, -0.25) is 14.6 Å². The van der Waals surface area contributed by atoms with E-state index in [1.807, 2.05) is 0 Å². The fourth-order valence-corrected chi connectivity index (χ4v) is 3.43. The molecule has 1 amide bonds. The third kappa shape index (κ3) is 20.2. The van der Waals surface area contributed by atoms with Crippen LogP contribution < -0.4 is 10.6 Å². The first-order valence-electron chi connectivity index (χ1n) is 13.5. The molecule has 2 N–H and O–H groups in total. The average molecular weight is 523 g/mol. The molecule has 0 aliphatic carbocycles. The van der Waals surface area contributed by atoms with Crippen LogP contribution in [0.25, 0.3) is 0 Å². The molecule has 10 nitrogen and oxygen atoms in total. The van der Waals surface area contributed by atoms with Gasteiger partial charge in [0.2, 0.25) is 5.91 Å². The molecule has 0 saturated carbocycles. The van der Waals surface area contributed by atoms with Gasteiger partial charge in [0.1, 0.15) is 6.17 Å². The predicted molar refractivity (Wildman–Crippen MR) is 138 cm³/mol. The number of nitrogens with zero attached hydrogens (tertiary/aromatic N) is 2. The third-order valence-electron chi connectivity index (χ3n) is 5.62. The van der Waals surface area contributed by atoms with Crippen molar-refractivity contribution in [3.8, 4) is 0 Å². The number of halogens is 1. The number of hydrogen-bond acceptors (Lipinski definition) is 9. The van der Waals surface area contributed by atoms with Gasteiger partial charge >= 0.3 is 0 Å². The second-order valence-electron chi connectivity index (χ2n) is 9.07. The van der Waals surface area contributed by atoms with Gasteiger partial charge in [0.15, 0.2) is 0 Å². The summed E-state index contributed by atoms with van der Waals surface area (Å²) in [5, 5.41) is 5.84. The molecule has 1 aliphatic rings. The van der Waals surface area contributed by atoms with E-state index in [1.54, 1.807) is 6.92 Å². The lowest BCUT2D eigenvalue weighted by Gasteiger charge is -2.34. The maximum Gasteiger partial charge on any atom is 0.219 e. The van der Waals surface area contributed by atoms with Crippen molar-refractivity contribution in [3.05, 3.63) is 0 Å². The summed E-state index contributed by atoms with van der Waals surface area (Å²) in [6, 6.07) is 0.484. The topological polar surface area (TPSA) is 93.8 Å². The van der Waals surface area contributed by atoms with E-state index in [9.17, 15) is 9.18 Å². The Labute approximate surface area is 217 Å². The first-order chi connectivity index (χ1) is 17.5. The predicted octanol–water partition coefficient (Wildman–Crippen LogP) is 0.549. The summed E-state index contributed by atoms with van der Waals surface area (Å²) in [4.78, 5) is 15.9. The summed E-state index contributed by atoms with van der Waals surface area (Å²) in [6.07, 6.45) is -0.798. The molecular formula is C25H51FN4O6. The first-order valence-corrected chi connectivity index (χ1v) is 13.5. The van der Waals surface area contributed by atoms with Gasteiger partial charge in [-0.15, -0.1) is 0 Å². The molecule has 0 bridgehead atoms. The summed E-state index contributed by atoms with van der Waals surface area (Å²) in [6.45, 7) is 17.8. The Hall–Kier alpha value is -0.920. The first kappa shape index (κ1) is 33.1. The Balaban J connectivity index is 1.81. The highest BCUT2D eigenvalue weighted by molar-refractivity contribution is 5.75. The molecule has 0 aromatic rings. The second kappa shape index (κ2) is 23.2. The molecule has 1 aliphatic heterocycles. The van der Waals surface area contributed by atoms with Crippen molar-refractivity contribution >= 4 is 5.91 Å². The summed E-state index contributed by atoms with van der Waals surface area (Å²) in [7, 11) is 0. The zero-order chi connectivity index (χ0) is 26.3. The highest BCUT2D eigenvalue weighted by atomic mass is 19.1. The van der Waals surface area contributed by atoms with E-state index in [0.29, 0.717) is 71.9 Å². The summed E-state index contributed by atoms with van der Waals surface area (Å²) >= 11 is 0. The highest BCUT2D eigenvalue weighted by Crippen LogP contribution is 2.02. The van der Waals surface area contributed by atoms with E-state index >= 15 is 0 Å². The monoisotopic (exact) mass is 522 g/mol. The lowest BCUT2D eigenvalue weighted by Crippen LogP contribution is -2.48. The van der Waals surface area contributed by atoms with E-state index in [4.69, 9.17) is 23.7 Å². The van der Waals surface area contributed by atoms with Gasteiger partial charge < -0.3 is 34.3 Å².